The van der Waals surface area contributed by atoms with Crippen LogP contribution in [0.15, 0.2) is 82.8 Å². The minimum absolute atomic E-state index is 0.0166. The van der Waals surface area contributed by atoms with Gasteiger partial charge in [-0.1, -0.05) is 90.7 Å². The Morgan fingerprint density at radius 3 is 2.44 bits per heavy atom. The van der Waals surface area contributed by atoms with E-state index in [4.69, 9.17) is 0 Å². The molecule has 1 aliphatic rings. The molecule has 3 aromatic heterocycles. The van der Waals surface area contributed by atoms with E-state index in [1.807, 2.05) is 91.2 Å². The summed E-state index contributed by atoms with van der Waals surface area (Å²) in [4.78, 5) is 33.3. The summed E-state index contributed by atoms with van der Waals surface area (Å²) in [6, 6.07) is 20.7. The predicted octanol–water partition coefficient (Wildman–Crippen LogP) is 6.28. The van der Waals surface area contributed by atoms with Crippen molar-refractivity contribution in [1.82, 2.24) is 19.6 Å². The van der Waals surface area contributed by atoms with E-state index in [9.17, 15) is 14.7 Å². The number of rotatable bonds is 7. The van der Waals surface area contributed by atoms with E-state index < -0.39 is 17.7 Å². The Morgan fingerprint density at radius 2 is 1.73 bits per heavy atom. The SMILES string of the molecule is CCc1ccc(C2/C(=C(\O)c3nc4c(C)cccn4c3C)C(=O)C(=O)N2c2nnc(SCc3ccccc3)s2)cc1. The molecule has 41 heavy (non-hydrogen) atoms. The number of pyridine rings is 1. The number of hydrogen-bond donors (Lipinski definition) is 1. The van der Waals surface area contributed by atoms with Gasteiger partial charge >= 0.3 is 5.91 Å². The number of aliphatic hydroxyl groups excluding tert-OH is 1. The smallest absolute Gasteiger partial charge is 0.301 e. The lowest BCUT2D eigenvalue weighted by atomic mass is 9.95. The van der Waals surface area contributed by atoms with Crippen LogP contribution in [0.4, 0.5) is 5.13 Å². The van der Waals surface area contributed by atoms with Gasteiger partial charge in [0.15, 0.2) is 10.1 Å². The Bertz CT molecular complexity index is 1810. The molecule has 1 fully saturated rings. The first-order valence-electron chi connectivity index (χ1n) is 13.2. The van der Waals surface area contributed by atoms with Gasteiger partial charge in [0.25, 0.3) is 5.78 Å². The molecule has 0 bridgehead atoms. The van der Waals surface area contributed by atoms with Gasteiger partial charge in [-0.15, -0.1) is 10.2 Å². The van der Waals surface area contributed by atoms with E-state index in [1.165, 1.54) is 28.0 Å². The Labute approximate surface area is 245 Å². The van der Waals surface area contributed by atoms with Crippen molar-refractivity contribution in [2.45, 2.75) is 43.3 Å². The van der Waals surface area contributed by atoms with Crippen LogP contribution in [0.1, 0.15) is 46.6 Å². The molecule has 1 atom stereocenters. The monoisotopic (exact) mass is 581 g/mol. The van der Waals surface area contributed by atoms with Crippen LogP contribution in [-0.4, -0.2) is 36.4 Å². The van der Waals surface area contributed by atoms with Crippen molar-refractivity contribution in [3.05, 3.63) is 112 Å². The van der Waals surface area contributed by atoms with E-state index in [2.05, 4.69) is 22.1 Å². The van der Waals surface area contributed by atoms with E-state index in [1.54, 1.807) is 0 Å². The summed E-state index contributed by atoms with van der Waals surface area (Å²) in [5.74, 6) is -1.15. The van der Waals surface area contributed by atoms with Crippen LogP contribution in [0.5, 0.6) is 0 Å². The summed E-state index contributed by atoms with van der Waals surface area (Å²) >= 11 is 2.76. The van der Waals surface area contributed by atoms with Crippen LogP contribution in [0, 0.1) is 13.8 Å². The largest absolute Gasteiger partial charge is 0.505 e. The van der Waals surface area contributed by atoms with Crippen molar-refractivity contribution in [1.29, 1.82) is 0 Å². The second kappa shape index (κ2) is 10.9. The van der Waals surface area contributed by atoms with Crippen molar-refractivity contribution < 1.29 is 14.7 Å². The van der Waals surface area contributed by atoms with Gasteiger partial charge in [-0.25, -0.2) is 4.98 Å². The highest BCUT2D eigenvalue weighted by atomic mass is 32.2. The molecule has 0 spiro atoms. The number of hydrogen-bond acceptors (Lipinski definition) is 8. The van der Waals surface area contributed by atoms with Gasteiger partial charge in [0.05, 0.1) is 17.3 Å². The summed E-state index contributed by atoms with van der Waals surface area (Å²) in [5, 5.41) is 20.6. The fraction of sp³-hybridized carbons (Fsp3) is 0.194. The van der Waals surface area contributed by atoms with Gasteiger partial charge in [-0.05, 0) is 48.6 Å². The number of nitrogens with zero attached hydrogens (tertiary/aromatic N) is 5. The van der Waals surface area contributed by atoms with Gasteiger partial charge in [-0.2, -0.15) is 0 Å². The third-order valence-corrected chi connectivity index (χ3v) is 9.39. The van der Waals surface area contributed by atoms with Crippen LogP contribution in [0.2, 0.25) is 0 Å². The van der Waals surface area contributed by atoms with Crippen molar-refractivity contribution in [3.63, 3.8) is 0 Å². The lowest BCUT2D eigenvalue weighted by Crippen LogP contribution is -2.29. The highest BCUT2D eigenvalue weighted by Gasteiger charge is 2.48. The molecule has 10 heteroatoms. The molecule has 5 aromatic rings. The first-order chi connectivity index (χ1) is 19.9. The van der Waals surface area contributed by atoms with Crippen LogP contribution in [0.25, 0.3) is 11.4 Å². The number of carbonyl (C=O) groups excluding carboxylic acids is 2. The quantitative estimate of drug-likeness (QED) is 0.0793. The molecule has 1 amide bonds. The van der Waals surface area contributed by atoms with Crippen molar-refractivity contribution in [2.24, 2.45) is 0 Å². The second-order valence-electron chi connectivity index (χ2n) is 9.82. The summed E-state index contributed by atoms with van der Waals surface area (Å²) in [5.41, 5.74) is 5.47. The summed E-state index contributed by atoms with van der Waals surface area (Å²) in [7, 11) is 0. The van der Waals surface area contributed by atoms with Gasteiger partial charge in [0.1, 0.15) is 11.3 Å². The summed E-state index contributed by atoms with van der Waals surface area (Å²) in [6.45, 7) is 5.82. The average molecular weight is 582 g/mol. The Morgan fingerprint density at radius 1 is 0.976 bits per heavy atom. The molecule has 206 valence electrons. The normalized spacial score (nSPS) is 16.7. The summed E-state index contributed by atoms with van der Waals surface area (Å²) in [6.07, 6.45) is 2.70. The number of benzene rings is 2. The molecular formula is C31H27N5O3S2. The zero-order valence-corrected chi connectivity index (χ0v) is 24.4. The third kappa shape index (κ3) is 4.83. The zero-order chi connectivity index (χ0) is 28.7. The molecule has 1 aliphatic heterocycles. The van der Waals surface area contributed by atoms with Crippen molar-refractivity contribution in [2.75, 3.05) is 4.90 Å². The average Bonchev–Trinajstić information content (AvgIpc) is 3.67. The van der Waals surface area contributed by atoms with Crippen molar-refractivity contribution >= 4 is 51.3 Å². The van der Waals surface area contributed by atoms with Crippen LogP contribution in [-0.2, 0) is 21.8 Å². The number of carbonyl (C=O) groups is 2. The number of aromatic nitrogens is 4. The van der Waals surface area contributed by atoms with Crippen LogP contribution < -0.4 is 4.90 Å². The molecule has 8 nitrogen and oxygen atoms in total. The maximum Gasteiger partial charge on any atom is 0.301 e. The second-order valence-corrected chi connectivity index (χ2v) is 12.0. The number of imidazole rings is 1. The third-order valence-electron chi connectivity index (χ3n) is 7.26. The number of ketones is 1. The van der Waals surface area contributed by atoms with Crippen LogP contribution >= 0.6 is 23.1 Å². The highest BCUT2D eigenvalue weighted by molar-refractivity contribution is 8.00. The molecule has 0 saturated carbocycles. The fourth-order valence-electron chi connectivity index (χ4n) is 5.03. The van der Waals surface area contributed by atoms with Gasteiger partial charge < -0.3 is 9.51 Å². The number of amides is 1. The Balaban J connectivity index is 1.45. The van der Waals surface area contributed by atoms with E-state index in [0.29, 0.717) is 32.1 Å². The van der Waals surface area contributed by atoms with E-state index in [0.717, 1.165) is 23.1 Å². The van der Waals surface area contributed by atoms with Gasteiger partial charge in [0.2, 0.25) is 5.13 Å². The van der Waals surface area contributed by atoms with Gasteiger partial charge in [0, 0.05) is 11.9 Å². The topological polar surface area (TPSA) is 101 Å². The molecular weight excluding hydrogens is 555 g/mol. The maximum atomic E-state index is 13.6. The summed E-state index contributed by atoms with van der Waals surface area (Å²) < 4.78 is 2.55. The zero-order valence-electron chi connectivity index (χ0n) is 22.7. The molecule has 2 aromatic carbocycles. The van der Waals surface area contributed by atoms with Gasteiger partial charge in [-0.3, -0.25) is 14.5 Å². The Hall–Kier alpha value is -4.28. The molecule has 1 N–H and O–H groups in total. The molecule has 0 radical (unpaired) electrons. The van der Waals surface area contributed by atoms with E-state index in [-0.39, 0.29) is 17.0 Å². The fourth-order valence-corrected chi connectivity index (χ4v) is 6.86. The molecule has 4 heterocycles. The lowest BCUT2D eigenvalue weighted by Gasteiger charge is -2.22. The predicted molar refractivity (Wildman–Crippen MR) is 161 cm³/mol. The Kier molecular flexibility index (Phi) is 7.19. The van der Waals surface area contributed by atoms with Crippen LogP contribution in [0.3, 0.4) is 0 Å². The minimum Gasteiger partial charge on any atom is -0.505 e. The number of thioether (sulfide) groups is 1. The number of anilines is 1. The highest BCUT2D eigenvalue weighted by Crippen LogP contribution is 2.44. The first kappa shape index (κ1) is 26.9. The minimum atomic E-state index is -0.883. The number of aliphatic hydroxyl groups is 1. The first-order valence-corrected chi connectivity index (χ1v) is 15.0. The van der Waals surface area contributed by atoms with Crippen molar-refractivity contribution in [3.8, 4) is 0 Å². The molecule has 1 saturated heterocycles. The number of aryl methyl sites for hydroxylation is 3. The number of fused-ring (bicyclic) bond motifs is 1. The number of Topliss-reactive ketones (excluding diaryl/α,β-unsaturated/α-hetero) is 1. The standard InChI is InChI=1S/C31H27N5O3S2/c1-4-20-12-14-22(15-13-20)25-23(26(37)24-19(3)35-16-8-9-18(2)28(35)32-24)27(38)29(39)36(25)30-33-34-31(41-30)40-17-21-10-6-5-7-11-21/h5-16,25,37H,4,17H2,1-3H3/b26-23+. The molecule has 6 rings (SSSR count). The molecule has 0 aliphatic carbocycles. The van der Waals surface area contributed by atoms with E-state index >= 15 is 0 Å². The maximum absolute atomic E-state index is 13.6. The molecule has 1 unspecified atom stereocenters. The lowest BCUT2D eigenvalue weighted by molar-refractivity contribution is -0.132.